The number of hydrogen-bond donors (Lipinski definition) is 2. The molecule has 9 heteroatoms. The van der Waals surface area contributed by atoms with Crippen LogP contribution >= 0.6 is 0 Å². The van der Waals surface area contributed by atoms with Crippen LogP contribution in [0.1, 0.15) is 22.3 Å². The molecule has 0 saturated carbocycles. The molecule has 6 nitrogen and oxygen atoms in total. The first-order valence-corrected chi connectivity index (χ1v) is 19.7. The number of sulfonamides is 2. The molecule has 0 fully saturated rings. The van der Waals surface area contributed by atoms with Crippen LogP contribution in [0.4, 0.5) is 0 Å². The van der Waals surface area contributed by atoms with Crippen LogP contribution in [0.3, 0.4) is 0 Å². The Labute approximate surface area is 254 Å². The summed E-state index contributed by atoms with van der Waals surface area (Å²) in [6.07, 6.45) is 1.13. The van der Waals surface area contributed by atoms with E-state index >= 15 is 0 Å². The van der Waals surface area contributed by atoms with Crippen LogP contribution in [0.5, 0.6) is 0 Å². The van der Waals surface area contributed by atoms with Gasteiger partial charge in [-0.05, 0) is 0 Å². The molecule has 0 aliphatic rings. The van der Waals surface area contributed by atoms with Gasteiger partial charge in [0.25, 0.3) is 0 Å². The van der Waals surface area contributed by atoms with E-state index in [2.05, 4.69) is 9.44 Å². The molecule has 0 amide bonds. The van der Waals surface area contributed by atoms with Gasteiger partial charge in [-0.1, -0.05) is 0 Å². The quantitative estimate of drug-likeness (QED) is 0.174. The standard InChI is InChI=1S/C32H36N2O4S2Te/c1-25-13-17-31(18-14-25)39(35,36)33-29(21-27-9-5-3-6-10-27)23-41-24-30(22-28-11-7-4-8-12-28)34-40(37,38)32-19-15-26(2)16-20-32/h3-20,29-30,33-34H,21-24H2,1-2H3/t29-,30-/m0/s1. The Balaban J connectivity index is 1.50. The van der Waals surface area contributed by atoms with E-state index in [-0.39, 0.29) is 21.9 Å². The predicted octanol–water partition coefficient (Wildman–Crippen LogP) is 5.32. The van der Waals surface area contributed by atoms with E-state index < -0.39 is 41.0 Å². The van der Waals surface area contributed by atoms with Gasteiger partial charge in [0.2, 0.25) is 0 Å². The van der Waals surface area contributed by atoms with Crippen molar-refractivity contribution in [3.8, 4) is 0 Å². The summed E-state index contributed by atoms with van der Waals surface area (Å²) >= 11 is -0.783. The van der Waals surface area contributed by atoms with Crippen molar-refractivity contribution >= 4 is 41.0 Å². The summed E-state index contributed by atoms with van der Waals surface area (Å²) in [5.41, 5.74) is 4.10. The first-order chi connectivity index (χ1) is 19.6. The molecule has 0 unspecified atom stereocenters. The van der Waals surface area contributed by atoms with Crippen molar-refractivity contribution in [2.24, 2.45) is 0 Å². The fourth-order valence-corrected chi connectivity index (χ4v) is 10.7. The second-order valence-corrected chi connectivity index (χ2v) is 16.7. The average molecular weight is 704 g/mol. The Bertz CT molecular complexity index is 1470. The second kappa shape index (κ2) is 14.6. The molecule has 0 heterocycles. The zero-order valence-electron chi connectivity index (χ0n) is 23.2. The molecule has 0 saturated heterocycles. The molecule has 0 radical (unpaired) electrons. The Hall–Kier alpha value is -2.51. The summed E-state index contributed by atoms with van der Waals surface area (Å²) in [7, 11) is -7.41. The van der Waals surface area contributed by atoms with Crippen LogP contribution in [0.2, 0.25) is 8.94 Å². The van der Waals surface area contributed by atoms with Gasteiger partial charge in [0.05, 0.1) is 0 Å². The molecular weight excluding hydrogens is 668 g/mol. The Morgan fingerprint density at radius 3 is 1.22 bits per heavy atom. The van der Waals surface area contributed by atoms with Crippen LogP contribution in [0.15, 0.2) is 119 Å². The van der Waals surface area contributed by atoms with Crippen molar-refractivity contribution in [3.63, 3.8) is 0 Å². The van der Waals surface area contributed by atoms with E-state index in [1.165, 1.54) is 0 Å². The average Bonchev–Trinajstić information content (AvgIpc) is 2.94. The van der Waals surface area contributed by atoms with E-state index in [4.69, 9.17) is 0 Å². The molecule has 4 rings (SSSR count). The first-order valence-electron chi connectivity index (χ1n) is 13.4. The number of hydrogen-bond acceptors (Lipinski definition) is 4. The number of rotatable bonds is 14. The third-order valence-corrected chi connectivity index (χ3v) is 13.3. The Kier molecular flexibility index (Phi) is 11.2. The van der Waals surface area contributed by atoms with E-state index in [0.29, 0.717) is 21.8 Å². The van der Waals surface area contributed by atoms with E-state index in [0.717, 1.165) is 22.3 Å². The molecule has 0 aliphatic carbocycles. The van der Waals surface area contributed by atoms with Crippen molar-refractivity contribution in [2.75, 3.05) is 0 Å². The molecule has 0 aromatic heterocycles. The van der Waals surface area contributed by atoms with Gasteiger partial charge >= 0.3 is 256 Å². The third kappa shape index (κ3) is 9.78. The number of nitrogens with one attached hydrogen (secondary N) is 2. The maximum absolute atomic E-state index is 13.3. The monoisotopic (exact) mass is 706 g/mol. The van der Waals surface area contributed by atoms with Crippen molar-refractivity contribution < 1.29 is 16.8 Å². The summed E-state index contributed by atoms with van der Waals surface area (Å²) in [6, 6.07) is 32.8. The minimum atomic E-state index is -3.70. The molecule has 4 aromatic rings. The SMILES string of the molecule is Cc1ccc(S(=O)(=O)N[C@H](C[Te]C[C@H](Cc2ccccc2)NS(=O)(=O)c2ccc(C)cc2)Cc2ccccc2)cc1. The van der Waals surface area contributed by atoms with Crippen LogP contribution in [-0.4, -0.2) is 49.8 Å². The van der Waals surface area contributed by atoms with Crippen LogP contribution < -0.4 is 9.44 Å². The van der Waals surface area contributed by atoms with Crippen molar-refractivity contribution in [1.29, 1.82) is 0 Å². The Morgan fingerprint density at radius 1 is 0.537 bits per heavy atom. The summed E-state index contributed by atoms with van der Waals surface area (Å²) < 4.78 is 60.3. The van der Waals surface area contributed by atoms with Crippen LogP contribution in [0, 0.1) is 13.8 Å². The van der Waals surface area contributed by atoms with E-state index in [1.807, 2.05) is 74.5 Å². The van der Waals surface area contributed by atoms with Crippen LogP contribution in [-0.2, 0) is 32.9 Å². The fourth-order valence-electron chi connectivity index (χ4n) is 4.43. The van der Waals surface area contributed by atoms with Gasteiger partial charge in [-0.15, -0.1) is 0 Å². The van der Waals surface area contributed by atoms with Gasteiger partial charge in [-0.3, -0.25) is 0 Å². The molecule has 4 aromatic carbocycles. The van der Waals surface area contributed by atoms with Gasteiger partial charge in [-0.25, -0.2) is 0 Å². The summed E-state index contributed by atoms with van der Waals surface area (Å²) in [6.45, 7) is 3.85. The summed E-state index contributed by atoms with van der Waals surface area (Å²) in [5, 5.41) is 0. The molecule has 0 aliphatic heterocycles. The zero-order chi connectivity index (χ0) is 29.3. The van der Waals surface area contributed by atoms with Gasteiger partial charge in [0.1, 0.15) is 0 Å². The first kappa shape index (κ1) is 31.4. The summed E-state index contributed by atoms with van der Waals surface area (Å²) in [4.78, 5) is 0.490. The topological polar surface area (TPSA) is 92.3 Å². The predicted molar refractivity (Wildman–Crippen MR) is 166 cm³/mol. The minimum absolute atomic E-state index is 0.245. The number of aryl methyl sites for hydroxylation is 2. The molecule has 2 atom stereocenters. The molecule has 2 N–H and O–H groups in total. The van der Waals surface area contributed by atoms with Gasteiger partial charge in [0, 0.05) is 0 Å². The van der Waals surface area contributed by atoms with Crippen LogP contribution in [0.25, 0.3) is 0 Å². The van der Waals surface area contributed by atoms with Gasteiger partial charge < -0.3 is 0 Å². The second-order valence-electron chi connectivity index (χ2n) is 10.2. The Morgan fingerprint density at radius 2 is 0.878 bits per heavy atom. The zero-order valence-corrected chi connectivity index (χ0v) is 27.2. The van der Waals surface area contributed by atoms with Gasteiger partial charge in [0.15, 0.2) is 0 Å². The normalized spacial score (nSPS) is 13.5. The van der Waals surface area contributed by atoms with Gasteiger partial charge in [-0.2, -0.15) is 0 Å². The third-order valence-electron chi connectivity index (χ3n) is 6.59. The molecule has 0 bridgehead atoms. The number of benzene rings is 4. The van der Waals surface area contributed by atoms with E-state index in [9.17, 15) is 16.8 Å². The summed E-state index contributed by atoms with van der Waals surface area (Å²) in [5.74, 6) is 0. The van der Waals surface area contributed by atoms with Crippen molar-refractivity contribution in [3.05, 3.63) is 131 Å². The molecular formula is C32H36N2O4S2Te. The maximum atomic E-state index is 13.3. The van der Waals surface area contributed by atoms with Crippen molar-refractivity contribution in [1.82, 2.24) is 9.44 Å². The molecule has 216 valence electrons. The molecule has 41 heavy (non-hydrogen) atoms. The van der Waals surface area contributed by atoms with E-state index in [1.54, 1.807) is 48.5 Å². The molecule has 0 spiro atoms. The van der Waals surface area contributed by atoms with Crippen molar-refractivity contribution in [2.45, 2.75) is 57.5 Å². The fraction of sp³-hybridized carbons (Fsp3) is 0.250.